The number of β-lactam (4-membered cyclic amide) rings is 1. The van der Waals surface area contributed by atoms with Gasteiger partial charge >= 0.3 is 11.1 Å². The van der Waals surface area contributed by atoms with Crippen LogP contribution in [0.5, 0.6) is 0 Å². The van der Waals surface area contributed by atoms with Crippen LogP contribution < -0.4 is 21.4 Å². The van der Waals surface area contributed by atoms with E-state index in [1.165, 1.54) is 35.5 Å². The number of carbonyl (C=O) groups is 3. The minimum absolute atomic E-state index is 0.0821. The highest BCUT2D eigenvalue weighted by Crippen LogP contribution is 2.41. The molecule has 6 N–H and O–H groups in total. The van der Waals surface area contributed by atoms with Gasteiger partial charge in [0.05, 0.1) is 13.2 Å². The number of anilines is 2. The third kappa shape index (κ3) is 4.89. The van der Waals surface area contributed by atoms with E-state index in [1.807, 2.05) is 0 Å². The van der Waals surface area contributed by atoms with E-state index in [-0.39, 0.29) is 22.2 Å². The number of rotatable bonds is 8. The van der Waals surface area contributed by atoms with Gasteiger partial charge in [0, 0.05) is 23.0 Å². The molecule has 0 saturated carbocycles. The van der Waals surface area contributed by atoms with E-state index < -0.39 is 29.2 Å². The first-order chi connectivity index (χ1) is 16.7. The molecule has 1 fully saturated rings. The highest BCUT2D eigenvalue weighted by atomic mass is 32.2. The minimum Gasteiger partial charge on any atom is -0.477 e. The number of hydrogen-bond donors (Lipinski definition) is 4. The van der Waals surface area contributed by atoms with Gasteiger partial charge in [-0.25, -0.2) is 14.3 Å². The molecule has 0 bridgehead atoms. The number of fused-ring (bicyclic) bond motifs is 1. The predicted octanol–water partition coefficient (Wildman–Crippen LogP) is -0.592. The SMILES string of the molecule is CO/N=C(\C(=O)NC1C(=O)N2C(C(=O)O)=C(CSc3nc(N)cc[n+]3C)CS[C@H]12)c1csc(N)n1. The normalized spacial score (nSPS) is 19.8. The summed E-state index contributed by atoms with van der Waals surface area (Å²) in [4.78, 5) is 52.1. The molecule has 2 aliphatic rings. The Labute approximate surface area is 211 Å². The second-order valence-corrected chi connectivity index (χ2v) is 10.3. The van der Waals surface area contributed by atoms with E-state index in [0.717, 1.165) is 11.3 Å². The standard InChI is InChI=1S/C19H20N8O5S3/c1-26-4-3-10(20)23-19(26)35-6-8-5-33-16-12(15(29)27(16)13(8)17(30)31)24-14(28)11(25-32-2)9-7-34-18(21)22-9/h3-4,7,12,16,20H,5-6H2,1-2H3,(H4,21,22,24,28,30,31)/p+1/b25-11-/t12?,16-/m1/s1. The summed E-state index contributed by atoms with van der Waals surface area (Å²) in [5, 5.41) is 18.0. The Morgan fingerprint density at radius 3 is 2.86 bits per heavy atom. The number of carboxylic acid groups (broad SMARTS) is 1. The van der Waals surface area contributed by atoms with Crippen molar-refractivity contribution >= 4 is 69.3 Å². The van der Waals surface area contributed by atoms with Crippen LogP contribution in [-0.2, 0) is 26.3 Å². The number of aryl methyl sites for hydroxylation is 1. The second kappa shape index (κ2) is 10.1. The lowest BCUT2D eigenvalue weighted by Crippen LogP contribution is -2.71. The number of nitrogen functional groups attached to an aromatic ring is 2. The van der Waals surface area contributed by atoms with Crippen LogP contribution in [0.2, 0.25) is 0 Å². The van der Waals surface area contributed by atoms with E-state index in [9.17, 15) is 19.5 Å². The molecule has 2 amide bonds. The number of thioether (sulfide) groups is 2. The number of hydrogen-bond acceptors (Lipinski definition) is 12. The molecular formula is C19H21N8O5S3+. The zero-order valence-electron chi connectivity index (χ0n) is 18.5. The number of aliphatic carboxylic acids is 1. The first kappa shape index (κ1) is 24.7. The van der Waals surface area contributed by atoms with Crippen molar-refractivity contribution in [2.75, 3.05) is 30.1 Å². The van der Waals surface area contributed by atoms with Crippen molar-refractivity contribution in [1.29, 1.82) is 0 Å². The largest absolute Gasteiger partial charge is 0.477 e. The molecule has 0 spiro atoms. The minimum atomic E-state index is -1.21. The molecule has 0 aliphatic carbocycles. The van der Waals surface area contributed by atoms with Gasteiger partial charge in [0.15, 0.2) is 10.8 Å². The van der Waals surface area contributed by atoms with Crippen LogP contribution in [0, 0.1) is 0 Å². The molecule has 1 unspecified atom stereocenters. The van der Waals surface area contributed by atoms with Gasteiger partial charge in [0.1, 0.15) is 29.9 Å². The van der Waals surface area contributed by atoms with Crippen LogP contribution in [0.15, 0.2) is 39.2 Å². The van der Waals surface area contributed by atoms with Gasteiger partial charge in [-0.1, -0.05) is 5.16 Å². The molecule has 2 aromatic heterocycles. The van der Waals surface area contributed by atoms with Gasteiger partial charge in [0.2, 0.25) is 5.82 Å². The smallest absolute Gasteiger partial charge is 0.361 e. The molecule has 2 aliphatic heterocycles. The third-order valence-corrected chi connectivity index (χ3v) is 8.21. The van der Waals surface area contributed by atoms with E-state index >= 15 is 0 Å². The Bertz CT molecular complexity index is 1260. The van der Waals surface area contributed by atoms with Crippen molar-refractivity contribution in [3.8, 4) is 0 Å². The summed E-state index contributed by atoms with van der Waals surface area (Å²) < 4.78 is 1.77. The molecule has 184 valence electrons. The van der Waals surface area contributed by atoms with E-state index in [0.29, 0.717) is 28.1 Å². The predicted molar refractivity (Wildman–Crippen MR) is 130 cm³/mol. The lowest BCUT2D eigenvalue weighted by atomic mass is 10.0. The zero-order valence-corrected chi connectivity index (χ0v) is 20.9. The molecule has 13 nitrogen and oxygen atoms in total. The quantitative estimate of drug-likeness (QED) is 0.0840. The van der Waals surface area contributed by atoms with Gasteiger partial charge in [-0.2, -0.15) is 0 Å². The Balaban J connectivity index is 1.50. The van der Waals surface area contributed by atoms with Crippen molar-refractivity contribution in [2.45, 2.75) is 16.6 Å². The zero-order chi connectivity index (χ0) is 25.3. The number of thiazole rings is 1. The van der Waals surface area contributed by atoms with Crippen molar-refractivity contribution in [3.05, 3.63) is 34.6 Å². The monoisotopic (exact) mass is 537 g/mol. The van der Waals surface area contributed by atoms with Crippen molar-refractivity contribution in [2.24, 2.45) is 12.2 Å². The molecular weight excluding hydrogens is 516 g/mol. The maximum absolute atomic E-state index is 12.9. The lowest BCUT2D eigenvalue weighted by Gasteiger charge is -2.49. The molecule has 4 rings (SSSR count). The molecule has 0 radical (unpaired) electrons. The van der Waals surface area contributed by atoms with Gasteiger partial charge in [-0.15, -0.1) is 23.1 Å². The number of carboxylic acids is 1. The fraction of sp³-hybridized carbons (Fsp3) is 0.316. The maximum Gasteiger partial charge on any atom is 0.361 e. The van der Waals surface area contributed by atoms with E-state index in [1.54, 1.807) is 29.3 Å². The van der Waals surface area contributed by atoms with Gasteiger partial charge in [-0.3, -0.25) is 14.5 Å². The van der Waals surface area contributed by atoms with Gasteiger partial charge in [-0.05, 0) is 22.3 Å². The first-order valence-electron chi connectivity index (χ1n) is 9.99. The summed E-state index contributed by atoms with van der Waals surface area (Å²) in [7, 11) is 3.08. The van der Waals surface area contributed by atoms with Crippen LogP contribution in [0.3, 0.4) is 0 Å². The summed E-state index contributed by atoms with van der Waals surface area (Å²) in [5.41, 5.74) is 12.0. The summed E-state index contributed by atoms with van der Waals surface area (Å²) in [6.45, 7) is 0. The van der Waals surface area contributed by atoms with Crippen LogP contribution in [-0.4, -0.2) is 73.5 Å². The molecule has 0 aromatic carbocycles. The summed E-state index contributed by atoms with van der Waals surface area (Å²) in [6.07, 6.45) is 1.76. The number of nitrogens with one attached hydrogen (secondary N) is 1. The van der Waals surface area contributed by atoms with Crippen LogP contribution in [0.1, 0.15) is 5.69 Å². The fourth-order valence-corrected chi connectivity index (χ4v) is 6.46. The number of nitrogens with zero attached hydrogens (tertiary/aromatic N) is 5. The summed E-state index contributed by atoms with van der Waals surface area (Å²) in [5.74, 6) is -1.40. The lowest BCUT2D eigenvalue weighted by molar-refractivity contribution is -0.713. The van der Waals surface area contributed by atoms with Crippen LogP contribution in [0.4, 0.5) is 10.9 Å². The summed E-state index contributed by atoms with van der Waals surface area (Å²) in [6, 6.07) is 0.731. The van der Waals surface area contributed by atoms with Crippen molar-refractivity contribution in [3.63, 3.8) is 0 Å². The number of oxime groups is 1. The Kier molecular flexibility index (Phi) is 7.13. The number of amides is 2. The average Bonchev–Trinajstić information content (AvgIpc) is 3.26. The second-order valence-electron chi connectivity index (χ2n) is 7.35. The van der Waals surface area contributed by atoms with Gasteiger partial charge < -0.3 is 26.7 Å². The molecule has 1 saturated heterocycles. The van der Waals surface area contributed by atoms with E-state index in [2.05, 4.69) is 20.4 Å². The molecule has 2 atom stereocenters. The number of nitrogens with two attached hydrogens (primary N) is 2. The molecule has 35 heavy (non-hydrogen) atoms. The fourth-order valence-electron chi connectivity index (χ4n) is 3.46. The van der Waals surface area contributed by atoms with Crippen molar-refractivity contribution < 1.29 is 28.9 Å². The number of carbonyl (C=O) groups excluding carboxylic acids is 2. The van der Waals surface area contributed by atoms with Gasteiger partial charge in [0.25, 0.3) is 11.8 Å². The summed E-state index contributed by atoms with van der Waals surface area (Å²) >= 11 is 3.81. The topological polar surface area (TPSA) is 190 Å². The Morgan fingerprint density at radius 2 is 2.20 bits per heavy atom. The Hall–Kier alpha value is -3.37. The maximum atomic E-state index is 12.9. The molecule has 16 heteroatoms. The highest BCUT2D eigenvalue weighted by molar-refractivity contribution is 8.01. The van der Waals surface area contributed by atoms with Crippen LogP contribution >= 0.6 is 34.9 Å². The molecule has 2 aromatic rings. The van der Waals surface area contributed by atoms with Crippen molar-refractivity contribution in [1.82, 2.24) is 20.2 Å². The number of aromatic nitrogens is 3. The highest BCUT2D eigenvalue weighted by Gasteiger charge is 2.54. The van der Waals surface area contributed by atoms with Crippen LogP contribution in [0.25, 0.3) is 0 Å². The van der Waals surface area contributed by atoms with E-state index in [4.69, 9.17) is 16.3 Å². The first-order valence-corrected chi connectivity index (χ1v) is 12.9. The Morgan fingerprint density at radius 1 is 1.43 bits per heavy atom. The molecule has 4 heterocycles. The average molecular weight is 538 g/mol. The third-order valence-electron chi connectivity index (χ3n) is 5.07.